The zero-order valence-electron chi connectivity index (χ0n) is 37.4. The van der Waals surface area contributed by atoms with Gasteiger partial charge >= 0.3 is 11.7 Å². The average Bonchev–Trinajstić information content (AvgIpc) is 3.90. The van der Waals surface area contributed by atoms with Crippen molar-refractivity contribution in [3.05, 3.63) is 123 Å². The number of benzene rings is 3. The Labute approximate surface area is 372 Å². The van der Waals surface area contributed by atoms with Gasteiger partial charge in [0.2, 0.25) is 0 Å². The molecule has 3 aromatic carbocycles. The van der Waals surface area contributed by atoms with Gasteiger partial charge in [0.05, 0.1) is 63.5 Å². The Kier molecular flexibility index (Phi) is 9.10. The van der Waals surface area contributed by atoms with Crippen molar-refractivity contribution in [3.8, 4) is 17.2 Å². The molecular weight excluding hydrogens is 833 g/mol. The topological polar surface area (TPSA) is 136 Å². The van der Waals surface area contributed by atoms with Crippen molar-refractivity contribution >= 4 is 39.4 Å². The summed E-state index contributed by atoms with van der Waals surface area (Å²) in [6.07, 6.45) is 7.32. The van der Waals surface area contributed by atoms with Crippen molar-refractivity contribution < 1.29 is 27.9 Å². The number of aromatic nitrogens is 7. The fourth-order valence-corrected chi connectivity index (χ4v) is 11.0. The number of rotatable bonds is 7. The van der Waals surface area contributed by atoms with Crippen LogP contribution in [-0.2, 0) is 33.4 Å². The number of nitrogens with zero attached hydrogens (tertiary/aromatic N) is 9. The molecule has 1 amide bonds. The summed E-state index contributed by atoms with van der Waals surface area (Å²) < 4.78 is 45.3. The summed E-state index contributed by atoms with van der Waals surface area (Å²) in [7, 11) is 1.72. The quantitative estimate of drug-likeness (QED) is 0.148. The van der Waals surface area contributed by atoms with Crippen molar-refractivity contribution in [2.24, 2.45) is 18.1 Å². The van der Waals surface area contributed by atoms with Crippen LogP contribution in [0, 0.1) is 31.4 Å². The second kappa shape index (κ2) is 14.4. The molecule has 4 atom stereocenters. The third-order valence-electron chi connectivity index (χ3n) is 14.4. The number of carbonyl (C=O) groups excluding carboxylic acids is 2. The van der Waals surface area contributed by atoms with Crippen molar-refractivity contribution in [2.45, 2.75) is 96.7 Å². The fourth-order valence-electron chi connectivity index (χ4n) is 11.0. The predicted molar refractivity (Wildman–Crippen MR) is 239 cm³/mol. The second-order valence-electron chi connectivity index (χ2n) is 19.0. The SMILES string of the molecule is Cc1cc(-n2nc3c(c2-n2ccn(-c4ccc5c(cnn5C)c4F)c2=O)C(C)N(C(=O)c2cc4cc(C5CCOC(C)(C)C5)ccc4n2C2(C4=NOC(=O)C4)CC2C)CC3)cc(C)c1F. The van der Waals surface area contributed by atoms with Crippen LogP contribution in [0.2, 0.25) is 0 Å². The van der Waals surface area contributed by atoms with Gasteiger partial charge in [-0.05, 0) is 125 Å². The number of carbonyl (C=O) groups is 2. The summed E-state index contributed by atoms with van der Waals surface area (Å²) in [5, 5.41) is 14.7. The third kappa shape index (κ3) is 6.19. The van der Waals surface area contributed by atoms with Gasteiger partial charge < -0.3 is 19.0 Å². The van der Waals surface area contributed by atoms with Crippen LogP contribution in [0.25, 0.3) is 39.0 Å². The van der Waals surface area contributed by atoms with E-state index in [9.17, 15) is 9.59 Å². The average molecular weight is 882 g/mol. The summed E-state index contributed by atoms with van der Waals surface area (Å²) in [5.41, 5.74) is 4.79. The van der Waals surface area contributed by atoms with Crippen molar-refractivity contribution in [2.75, 3.05) is 13.2 Å². The first-order valence-corrected chi connectivity index (χ1v) is 22.2. The van der Waals surface area contributed by atoms with E-state index in [0.717, 1.165) is 23.7 Å². The first-order chi connectivity index (χ1) is 31.1. The second-order valence-corrected chi connectivity index (χ2v) is 19.0. The van der Waals surface area contributed by atoms with Crippen LogP contribution in [0.5, 0.6) is 0 Å². The van der Waals surface area contributed by atoms with Gasteiger partial charge in [-0.15, -0.1) is 0 Å². The lowest BCUT2D eigenvalue weighted by atomic mass is 9.83. The molecular formula is C49H49F2N9O5. The molecule has 1 saturated heterocycles. The molecule has 11 rings (SSSR count). The molecule has 7 aromatic rings. The lowest BCUT2D eigenvalue weighted by Crippen LogP contribution is -2.42. The largest absolute Gasteiger partial charge is 0.376 e. The molecule has 16 heteroatoms. The van der Waals surface area contributed by atoms with E-state index in [-0.39, 0.29) is 46.7 Å². The minimum Gasteiger partial charge on any atom is -0.376 e. The summed E-state index contributed by atoms with van der Waals surface area (Å²) >= 11 is 0. The van der Waals surface area contributed by atoms with Crippen LogP contribution >= 0.6 is 0 Å². The maximum absolute atomic E-state index is 16.1. The number of oxime groups is 1. The smallest absolute Gasteiger partial charge is 0.340 e. The number of halogens is 2. The highest BCUT2D eigenvalue weighted by molar-refractivity contribution is 6.10. The van der Waals surface area contributed by atoms with E-state index < -0.39 is 29.1 Å². The van der Waals surface area contributed by atoms with Gasteiger partial charge in [0.25, 0.3) is 5.91 Å². The molecule has 0 radical (unpaired) electrons. The molecule has 0 N–H and O–H groups in total. The lowest BCUT2D eigenvalue weighted by molar-refractivity contribution is -0.140. The maximum Gasteiger partial charge on any atom is 0.340 e. The lowest BCUT2D eigenvalue weighted by Gasteiger charge is -2.35. The minimum atomic E-state index is -0.746. The number of aryl methyl sites for hydroxylation is 3. The first kappa shape index (κ1) is 41.1. The highest BCUT2D eigenvalue weighted by Crippen LogP contribution is 2.55. The molecule has 3 aliphatic heterocycles. The van der Waals surface area contributed by atoms with Crippen LogP contribution in [0.1, 0.15) is 104 Å². The highest BCUT2D eigenvalue weighted by atomic mass is 19.1. The van der Waals surface area contributed by atoms with Crippen LogP contribution in [0.3, 0.4) is 0 Å². The number of hydrogen-bond donors (Lipinski definition) is 0. The number of fused-ring (bicyclic) bond motifs is 3. The first-order valence-electron chi connectivity index (χ1n) is 22.2. The van der Waals surface area contributed by atoms with Gasteiger partial charge in [0.15, 0.2) is 5.82 Å². The summed E-state index contributed by atoms with van der Waals surface area (Å²) in [5.74, 6) is -0.903. The molecule has 4 aliphatic rings. The molecule has 14 nitrogen and oxygen atoms in total. The molecule has 4 unspecified atom stereocenters. The zero-order valence-corrected chi connectivity index (χ0v) is 37.4. The van der Waals surface area contributed by atoms with Crippen molar-refractivity contribution in [1.82, 2.24) is 38.2 Å². The van der Waals surface area contributed by atoms with Gasteiger partial charge in [-0.1, -0.05) is 18.1 Å². The van der Waals surface area contributed by atoms with E-state index in [1.807, 2.05) is 17.9 Å². The molecule has 0 spiro atoms. The van der Waals surface area contributed by atoms with Crippen LogP contribution in [-0.4, -0.2) is 74.5 Å². The van der Waals surface area contributed by atoms with E-state index >= 15 is 13.6 Å². The van der Waals surface area contributed by atoms with Gasteiger partial charge in [-0.2, -0.15) is 10.2 Å². The van der Waals surface area contributed by atoms with E-state index in [2.05, 4.69) is 53.8 Å². The van der Waals surface area contributed by atoms with Crippen molar-refractivity contribution in [3.63, 3.8) is 0 Å². The number of ether oxygens (including phenoxy) is 1. The van der Waals surface area contributed by atoms with E-state index in [4.69, 9.17) is 14.7 Å². The zero-order chi connectivity index (χ0) is 45.4. The Morgan fingerprint density at radius 3 is 2.37 bits per heavy atom. The van der Waals surface area contributed by atoms with E-state index in [0.29, 0.717) is 76.8 Å². The molecule has 334 valence electrons. The monoisotopic (exact) mass is 881 g/mol. The van der Waals surface area contributed by atoms with Crippen LogP contribution in [0.15, 0.2) is 77.1 Å². The molecule has 0 bridgehead atoms. The van der Waals surface area contributed by atoms with E-state index in [1.54, 1.807) is 60.7 Å². The highest BCUT2D eigenvalue weighted by Gasteiger charge is 2.60. The number of amides is 1. The molecule has 1 saturated carbocycles. The number of hydrogen-bond acceptors (Lipinski definition) is 8. The Hall–Kier alpha value is -6.68. The molecule has 2 fully saturated rings. The number of imidazole rings is 1. The van der Waals surface area contributed by atoms with Crippen LogP contribution < -0.4 is 5.69 Å². The minimum absolute atomic E-state index is 0.0373. The normalized spacial score (nSPS) is 22.7. The molecule has 65 heavy (non-hydrogen) atoms. The Morgan fingerprint density at radius 1 is 0.923 bits per heavy atom. The maximum atomic E-state index is 16.1. The summed E-state index contributed by atoms with van der Waals surface area (Å²) in [6, 6.07) is 14.4. The van der Waals surface area contributed by atoms with E-state index in [1.165, 1.54) is 27.1 Å². The Bertz CT molecular complexity index is 3250. The summed E-state index contributed by atoms with van der Waals surface area (Å²) in [6.45, 7) is 12.6. The molecule has 7 heterocycles. The Balaban J connectivity index is 1.05. The summed E-state index contributed by atoms with van der Waals surface area (Å²) in [4.78, 5) is 49.8. The molecule has 4 aromatic heterocycles. The van der Waals surface area contributed by atoms with Crippen molar-refractivity contribution in [1.29, 1.82) is 0 Å². The van der Waals surface area contributed by atoms with Gasteiger partial charge in [0, 0.05) is 55.5 Å². The fraction of sp³-hybridized carbons (Fsp3) is 0.388. The van der Waals surface area contributed by atoms with Crippen LogP contribution in [0.4, 0.5) is 8.78 Å². The Morgan fingerprint density at radius 2 is 1.66 bits per heavy atom. The standard InChI is InChI=1S/C49H49F2N9O5/c1-26-18-33(19-27(2)43(26)50)60-45(58-16-15-57(47(58)63)38-11-10-37-34(44(38)51)25-52-55(37)7)42-29(4)56(14-12-35(42)53-60)46(62)39-21-32-20-30(31-13-17-64-48(5,6)24-31)8-9-36(32)59(39)49(23-28(49)3)40-22-41(61)65-54-40/h8-11,15-16,18-21,25,28-29,31H,12-14,17,22-24H2,1-7H3. The third-order valence-corrected chi connectivity index (χ3v) is 14.4. The van der Waals surface area contributed by atoms with Gasteiger partial charge in [-0.3, -0.25) is 18.6 Å². The van der Waals surface area contributed by atoms with Gasteiger partial charge in [-0.25, -0.2) is 23.1 Å². The van der Waals surface area contributed by atoms with Gasteiger partial charge in [0.1, 0.15) is 17.3 Å². The molecule has 1 aliphatic carbocycles. The predicted octanol–water partition coefficient (Wildman–Crippen LogP) is 8.02.